The topological polar surface area (TPSA) is 105 Å². The lowest BCUT2D eigenvalue weighted by Crippen LogP contribution is -2.55. The number of sulfonamides is 1. The highest BCUT2D eigenvalue weighted by atomic mass is 32.2. The number of nitrogens with zero attached hydrogens (tertiary/aromatic N) is 3. The van der Waals surface area contributed by atoms with Crippen LogP contribution in [-0.4, -0.2) is 59.1 Å². The SMILES string of the molecule is Cc1nc(S(=O)(=O)NC2CC(N(CC(=O)O)CC3CC3)C2)cn1C. The monoisotopic (exact) mass is 356 g/mol. The number of hydrogen-bond acceptors (Lipinski definition) is 5. The third-order valence-electron chi connectivity index (χ3n) is 4.84. The average molecular weight is 356 g/mol. The van der Waals surface area contributed by atoms with Crippen LogP contribution in [0.25, 0.3) is 0 Å². The first-order valence-corrected chi connectivity index (χ1v) is 9.71. The summed E-state index contributed by atoms with van der Waals surface area (Å²) >= 11 is 0. The molecule has 0 unspecified atom stereocenters. The molecule has 9 heteroatoms. The van der Waals surface area contributed by atoms with Crippen molar-refractivity contribution in [2.24, 2.45) is 13.0 Å². The summed E-state index contributed by atoms with van der Waals surface area (Å²) in [5.41, 5.74) is 0. The number of aliphatic carboxylic acids is 1. The van der Waals surface area contributed by atoms with Crippen LogP contribution in [0.3, 0.4) is 0 Å². The molecule has 2 aliphatic carbocycles. The van der Waals surface area contributed by atoms with Crippen LogP contribution in [0, 0.1) is 12.8 Å². The van der Waals surface area contributed by atoms with Gasteiger partial charge >= 0.3 is 5.97 Å². The highest BCUT2D eigenvalue weighted by Gasteiger charge is 2.39. The molecule has 0 aromatic carbocycles. The number of carboxylic acids is 1. The lowest BCUT2D eigenvalue weighted by atomic mass is 9.86. The molecule has 0 atom stereocenters. The van der Waals surface area contributed by atoms with Gasteiger partial charge in [-0.25, -0.2) is 18.1 Å². The fourth-order valence-electron chi connectivity index (χ4n) is 3.07. The van der Waals surface area contributed by atoms with Gasteiger partial charge in [0.1, 0.15) is 5.82 Å². The van der Waals surface area contributed by atoms with Gasteiger partial charge in [0.05, 0.1) is 6.54 Å². The highest BCUT2D eigenvalue weighted by Crippen LogP contribution is 2.34. The predicted octanol–water partition coefficient (Wildman–Crippen LogP) is 0.334. The van der Waals surface area contributed by atoms with Crippen LogP contribution in [0.2, 0.25) is 0 Å². The van der Waals surface area contributed by atoms with E-state index in [1.165, 1.54) is 6.20 Å². The number of carboxylic acid groups (broad SMARTS) is 1. The summed E-state index contributed by atoms with van der Waals surface area (Å²) < 4.78 is 29.0. The number of aromatic nitrogens is 2. The highest BCUT2D eigenvalue weighted by molar-refractivity contribution is 7.89. The van der Waals surface area contributed by atoms with Crippen LogP contribution in [0.4, 0.5) is 0 Å². The molecular weight excluding hydrogens is 332 g/mol. The molecule has 0 saturated heterocycles. The van der Waals surface area contributed by atoms with Crippen molar-refractivity contribution in [1.29, 1.82) is 0 Å². The fourth-order valence-corrected chi connectivity index (χ4v) is 4.37. The second-order valence-corrected chi connectivity index (χ2v) is 8.61. The standard InChI is InChI=1S/C15H24N4O4S/c1-10-16-14(8-18(10)2)24(22,23)17-12-5-13(6-12)19(9-15(20)21)7-11-3-4-11/h8,11-13,17H,3-7,9H2,1-2H3,(H,20,21). The van der Waals surface area contributed by atoms with Crippen LogP contribution in [0.5, 0.6) is 0 Å². The van der Waals surface area contributed by atoms with E-state index in [9.17, 15) is 13.2 Å². The normalized spacial score (nSPS) is 24.1. The van der Waals surface area contributed by atoms with Gasteiger partial charge in [-0.2, -0.15) is 0 Å². The molecule has 2 saturated carbocycles. The summed E-state index contributed by atoms with van der Waals surface area (Å²) in [6.07, 6.45) is 5.11. The summed E-state index contributed by atoms with van der Waals surface area (Å²) in [5, 5.41) is 9.08. The summed E-state index contributed by atoms with van der Waals surface area (Å²) in [4.78, 5) is 17.1. The maximum absolute atomic E-state index is 12.3. The van der Waals surface area contributed by atoms with Gasteiger partial charge in [-0.3, -0.25) is 9.69 Å². The minimum atomic E-state index is -3.62. The zero-order valence-electron chi connectivity index (χ0n) is 14.0. The molecule has 0 amide bonds. The Morgan fingerprint density at radius 3 is 2.62 bits per heavy atom. The third kappa shape index (κ3) is 3.96. The number of aryl methyl sites for hydroxylation is 2. The summed E-state index contributed by atoms with van der Waals surface area (Å²) in [6.45, 7) is 2.58. The largest absolute Gasteiger partial charge is 0.480 e. The summed E-state index contributed by atoms with van der Waals surface area (Å²) in [5.74, 6) is 0.416. The third-order valence-corrected chi connectivity index (χ3v) is 6.23. The van der Waals surface area contributed by atoms with E-state index in [0.717, 1.165) is 19.4 Å². The minimum absolute atomic E-state index is 0.0278. The van der Waals surface area contributed by atoms with Crippen LogP contribution < -0.4 is 4.72 Å². The quantitative estimate of drug-likeness (QED) is 0.696. The second-order valence-electron chi connectivity index (χ2n) is 6.95. The molecule has 8 nitrogen and oxygen atoms in total. The number of nitrogens with one attached hydrogen (secondary N) is 1. The molecule has 0 radical (unpaired) electrons. The first kappa shape index (κ1) is 17.4. The molecule has 0 aliphatic heterocycles. The Kier molecular flexibility index (Phi) is 4.67. The molecule has 3 rings (SSSR count). The number of rotatable bonds is 8. The maximum atomic E-state index is 12.3. The molecule has 2 fully saturated rings. The van der Waals surface area contributed by atoms with Gasteiger partial charge in [0.15, 0.2) is 5.03 Å². The molecule has 24 heavy (non-hydrogen) atoms. The Bertz CT molecular complexity index is 700. The Balaban J connectivity index is 1.56. The second kappa shape index (κ2) is 6.45. The van der Waals surface area contributed by atoms with Crippen molar-refractivity contribution in [3.8, 4) is 0 Å². The van der Waals surface area contributed by atoms with Crippen molar-refractivity contribution in [3.63, 3.8) is 0 Å². The van der Waals surface area contributed by atoms with Gasteiger partial charge in [0, 0.05) is 31.9 Å². The Morgan fingerprint density at radius 2 is 2.12 bits per heavy atom. The molecule has 0 bridgehead atoms. The lowest BCUT2D eigenvalue weighted by molar-refractivity contribution is -0.139. The van der Waals surface area contributed by atoms with E-state index < -0.39 is 16.0 Å². The van der Waals surface area contributed by atoms with E-state index in [4.69, 9.17) is 5.11 Å². The van der Waals surface area contributed by atoms with Gasteiger partial charge in [-0.15, -0.1) is 0 Å². The molecule has 134 valence electrons. The van der Waals surface area contributed by atoms with Crippen molar-refractivity contribution in [2.45, 2.75) is 49.7 Å². The summed E-state index contributed by atoms with van der Waals surface area (Å²) in [6, 6.07) is -0.0160. The van der Waals surface area contributed by atoms with Crippen molar-refractivity contribution >= 4 is 16.0 Å². The van der Waals surface area contributed by atoms with Crippen molar-refractivity contribution in [1.82, 2.24) is 19.2 Å². The molecule has 1 heterocycles. The van der Waals surface area contributed by atoms with Crippen molar-refractivity contribution in [3.05, 3.63) is 12.0 Å². The van der Waals surface area contributed by atoms with E-state index >= 15 is 0 Å². The van der Waals surface area contributed by atoms with Crippen molar-refractivity contribution < 1.29 is 18.3 Å². The van der Waals surface area contributed by atoms with Crippen LogP contribution in [0.15, 0.2) is 11.2 Å². The van der Waals surface area contributed by atoms with E-state index in [1.807, 2.05) is 4.90 Å². The average Bonchev–Trinajstić information content (AvgIpc) is 3.17. The minimum Gasteiger partial charge on any atom is -0.480 e. The molecular formula is C15H24N4O4S. The first-order chi connectivity index (χ1) is 11.2. The number of imidazole rings is 1. The number of hydrogen-bond donors (Lipinski definition) is 2. The summed E-state index contributed by atoms with van der Waals surface area (Å²) in [7, 11) is -1.87. The van der Waals surface area contributed by atoms with E-state index in [1.54, 1.807) is 18.5 Å². The van der Waals surface area contributed by atoms with Gasteiger partial charge < -0.3 is 9.67 Å². The Labute approximate surface area is 141 Å². The molecule has 2 aliphatic rings. The molecule has 0 spiro atoms. The molecule has 1 aromatic heterocycles. The van der Waals surface area contributed by atoms with Crippen LogP contribution >= 0.6 is 0 Å². The van der Waals surface area contributed by atoms with Crippen LogP contribution in [-0.2, 0) is 21.9 Å². The van der Waals surface area contributed by atoms with Crippen LogP contribution in [0.1, 0.15) is 31.5 Å². The fraction of sp³-hybridized carbons (Fsp3) is 0.733. The van der Waals surface area contributed by atoms with E-state index in [2.05, 4.69) is 9.71 Å². The Morgan fingerprint density at radius 1 is 1.46 bits per heavy atom. The number of carbonyl (C=O) groups is 1. The van der Waals surface area contributed by atoms with Gasteiger partial charge in [0.2, 0.25) is 0 Å². The predicted molar refractivity (Wildman–Crippen MR) is 87.0 cm³/mol. The van der Waals surface area contributed by atoms with Gasteiger partial charge in [-0.1, -0.05) is 0 Å². The van der Waals surface area contributed by atoms with Crippen molar-refractivity contribution in [2.75, 3.05) is 13.1 Å². The van der Waals surface area contributed by atoms with E-state index in [0.29, 0.717) is 24.6 Å². The maximum Gasteiger partial charge on any atom is 0.317 e. The van der Waals surface area contributed by atoms with Gasteiger partial charge in [0.25, 0.3) is 10.0 Å². The zero-order valence-corrected chi connectivity index (χ0v) is 14.8. The lowest BCUT2D eigenvalue weighted by Gasteiger charge is -2.42. The molecule has 1 aromatic rings. The van der Waals surface area contributed by atoms with E-state index in [-0.39, 0.29) is 23.7 Å². The smallest absolute Gasteiger partial charge is 0.317 e. The van der Waals surface area contributed by atoms with Gasteiger partial charge in [-0.05, 0) is 38.5 Å². The first-order valence-electron chi connectivity index (χ1n) is 8.22. The molecule has 2 N–H and O–H groups in total. The Hall–Kier alpha value is -1.45. The zero-order chi connectivity index (χ0) is 17.5.